The SMILES string of the molecule is CCC[C@H](N)c1ccc2c(n1)CCC2. The number of aromatic nitrogens is 1. The summed E-state index contributed by atoms with van der Waals surface area (Å²) in [5.74, 6) is 0. The fraction of sp³-hybridized carbons (Fsp3) is 0.583. The number of hydrogen-bond acceptors (Lipinski definition) is 2. The third-order valence-electron chi connectivity index (χ3n) is 2.93. The predicted octanol–water partition coefficient (Wildman–Crippen LogP) is 2.37. The quantitative estimate of drug-likeness (QED) is 0.794. The molecule has 2 rings (SSSR count). The molecule has 0 fully saturated rings. The van der Waals surface area contributed by atoms with Gasteiger partial charge in [0.05, 0.1) is 5.69 Å². The minimum atomic E-state index is 0.130. The molecule has 1 aromatic heterocycles. The Morgan fingerprint density at radius 1 is 1.43 bits per heavy atom. The molecule has 76 valence electrons. The van der Waals surface area contributed by atoms with Crippen LogP contribution in [0.15, 0.2) is 12.1 Å². The molecule has 0 unspecified atom stereocenters. The summed E-state index contributed by atoms with van der Waals surface area (Å²) >= 11 is 0. The van der Waals surface area contributed by atoms with Gasteiger partial charge in [0.25, 0.3) is 0 Å². The van der Waals surface area contributed by atoms with Crippen molar-refractivity contribution in [3.05, 3.63) is 29.1 Å². The van der Waals surface area contributed by atoms with Gasteiger partial charge in [-0.3, -0.25) is 4.98 Å². The Labute approximate surface area is 85.5 Å². The molecule has 1 atom stereocenters. The van der Waals surface area contributed by atoms with Crippen LogP contribution in [0.4, 0.5) is 0 Å². The number of pyridine rings is 1. The van der Waals surface area contributed by atoms with Gasteiger partial charge in [-0.1, -0.05) is 19.4 Å². The fourth-order valence-electron chi connectivity index (χ4n) is 2.10. The molecule has 2 nitrogen and oxygen atoms in total. The molecule has 0 bridgehead atoms. The van der Waals surface area contributed by atoms with Gasteiger partial charge in [-0.05, 0) is 37.3 Å². The molecule has 1 aliphatic carbocycles. The van der Waals surface area contributed by atoms with Gasteiger partial charge in [0.15, 0.2) is 0 Å². The van der Waals surface area contributed by atoms with E-state index in [9.17, 15) is 0 Å². The maximum atomic E-state index is 6.04. The van der Waals surface area contributed by atoms with Crippen LogP contribution in [0.1, 0.15) is 49.2 Å². The van der Waals surface area contributed by atoms with Crippen LogP contribution in [-0.4, -0.2) is 4.98 Å². The van der Waals surface area contributed by atoms with Crippen LogP contribution in [0.25, 0.3) is 0 Å². The highest BCUT2D eigenvalue weighted by atomic mass is 14.8. The van der Waals surface area contributed by atoms with Crippen molar-refractivity contribution in [2.45, 2.75) is 45.1 Å². The zero-order valence-electron chi connectivity index (χ0n) is 8.79. The summed E-state index contributed by atoms with van der Waals surface area (Å²) in [6.45, 7) is 2.16. The van der Waals surface area contributed by atoms with Crippen molar-refractivity contribution < 1.29 is 0 Å². The monoisotopic (exact) mass is 190 g/mol. The Balaban J connectivity index is 2.19. The van der Waals surface area contributed by atoms with E-state index in [4.69, 9.17) is 5.73 Å². The van der Waals surface area contributed by atoms with E-state index in [1.807, 2.05) is 0 Å². The van der Waals surface area contributed by atoms with Crippen molar-refractivity contribution in [1.82, 2.24) is 4.98 Å². The summed E-state index contributed by atoms with van der Waals surface area (Å²) in [5.41, 5.74) is 9.83. The molecule has 0 radical (unpaired) electrons. The standard InChI is InChI=1S/C12H18N2/c1-2-4-10(13)12-8-7-9-5-3-6-11(9)14-12/h7-8,10H,2-6,13H2,1H3/t10-/m0/s1. The first-order valence-electron chi connectivity index (χ1n) is 5.55. The lowest BCUT2D eigenvalue weighted by atomic mass is 10.1. The topological polar surface area (TPSA) is 38.9 Å². The molecule has 1 aliphatic rings. The van der Waals surface area contributed by atoms with E-state index in [1.165, 1.54) is 24.1 Å². The summed E-state index contributed by atoms with van der Waals surface area (Å²) in [6.07, 6.45) is 5.76. The minimum absolute atomic E-state index is 0.130. The summed E-state index contributed by atoms with van der Waals surface area (Å²) in [6, 6.07) is 4.44. The lowest BCUT2D eigenvalue weighted by Crippen LogP contribution is -2.12. The smallest absolute Gasteiger partial charge is 0.0574 e. The maximum absolute atomic E-state index is 6.04. The molecule has 0 spiro atoms. The Kier molecular flexibility index (Phi) is 2.82. The second-order valence-electron chi connectivity index (χ2n) is 4.09. The molecule has 2 heteroatoms. The van der Waals surface area contributed by atoms with Gasteiger partial charge in [-0.2, -0.15) is 0 Å². The van der Waals surface area contributed by atoms with Crippen molar-refractivity contribution in [3.8, 4) is 0 Å². The predicted molar refractivity (Wildman–Crippen MR) is 58.1 cm³/mol. The normalized spacial score (nSPS) is 16.7. The summed E-state index contributed by atoms with van der Waals surface area (Å²) in [4.78, 5) is 4.65. The van der Waals surface area contributed by atoms with Gasteiger partial charge in [-0.15, -0.1) is 0 Å². The van der Waals surface area contributed by atoms with Crippen molar-refractivity contribution >= 4 is 0 Å². The van der Waals surface area contributed by atoms with Gasteiger partial charge < -0.3 is 5.73 Å². The Bertz CT molecular complexity index is 320. The average molecular weight is 190 g/mol. The first-order valence-corrected chi connectivity index (χ1v) is 5.55. The molecule has 0 aromatic carbocycles. The molecule has 0 amide bonds. The van der Waals surface area contributed by atoms with Gasteiger partial charge in [0, 0.05) is 11.7 Å². The first-order chi connectivity index (χ1) is 6.81. The highest BCUT2D eigenvalue weighted by molar-refractivity contribution is 5.28. The van der Waals surface area contributed by atoms with Crippen molar-refractivity contribution in [2.24, 2.45) is 5.73 Å². The highest BCUT2D eigenvalue weighted by Gasteiger charge is 2.14. The van der Waals surface area contributed by atoms with Crippen LogP contribution in [-0.2, 0) is 12.8 Å². The lowest BCUT2D eigenvalue weighted by molar-refractivity contribution is 0.619. The van der Waals surface area contributed by atoms with Crippen molar-refractivity contribution in [2.75, 3.05) is 0 Å². The minimum Gasteiger partial charge on any atom is -0.323 e. The van der Waals surface area contributed by atoms with Crippen LogP contribution in [0.2, 0.25) is 0 Å². The number of rotatable bonds is 3. The first kappa shape index (κ1) is 9.66. The molecule has 0 saturated heterocycles. The summed E-state index contributed by atoms with van der Waals surface area (Å²) < 4.78 is 0. The number of hydrogen-bond donors (Lipinski definition) is 1. The van der Waals surface area contributed by atoms with E-state index >= 15 is 0 Å². The zero-order chi connectivity index (χ0) is 9.97. The van der Waals surface area contributed by atoms with Gasteiger partial charge in [0.2, 0.25) is 0 Å². The molecule has 0 saturated carbocycles. The van der Waals surface area contributed by atoms with Crippen LogP contribution >= 0.6 is 0 Å². The molecular formula is C12H18N2. The van der Waals surface area contributed by atoms with Crippen LogP contribution in [0, 0.1) is 0 Å². The molecule has 1 aromatic rings. The number of aryl methyl sites for hydroxylation is 2. The maximum Gasteiger partial charge on any atom is 0.0574 e. The Morgan fingerprint density at radius 2 is 2.29 bits per heavy atom. The second-order valence-corrected chi connectivity index (χ2v) is 4.09. The number of fused-ring (bicyclic) bond motifs is 1. The fourth-order valence-corrected chi connectivity index (χ4v) is 2.10. The van der Waals surface area contributed by atoms with Gasteiger partial charge in [0.1, 0.15) is 0 Å². The van der Waals surface area contributed by atoms with E-state index in [0.717, 1.165) is 25.0 Å². The zero-order valence-corrected chi connectivity index (χ0v) is 8.79. The third-order valence-corrected chi connectivity index (χ3v) is 2.93. The van der Waals surface area contributed by atoms with Crippen LogP contribution in [0.3, 0.4) is 0 Å². The molecule has 1 heterocycles. The van der Waals surface area contributed by atoms with Gasteiger partial charge >= 0.3 is 0 Å². The summed E-state index contributed by atoms with van der Waals surface area (Å²) in [5, 5.41) is 0. The van der Waals surface area contributed by atoms with E-state index in [2.05, 4.69) is 24.0 Å². The number of nitrogens with zero attached hydrogens (tertiary/aromatic N) is 1. The molecular weight excluding hydrogens is 172 g/mol. The summed E-state index contributed by atoms with van der Waals surface area (Å²) in [7, 11) is 0. The average Bonchev–Trinajstić information content (AvgIpc) is 2.64. The van der Waals surface area contributed by atoms with Gasteiger partial charge in [-0.25, -0.2) is 0 Å². The third kappa shape index (κ3) is 1.80. The van der Waals surface area contributed by atoms with Crippen molar-refractivity contribution in [1.29, 1.82) is 0 Å². The Hall–Kier alpha value is -0.890. The number of nitrogens with two attached hydrogens (primary N) is 1. The van der Waals surface area contributed by atoms with Crippen molar-refractivity contribution in [3.63, 3.8) is 0 Å². The van der Waals surface area contributed by atoms with E-state index in [-0.39, 0.29) is 6.04 Å². The lowest BCUT2D eigenvalue weighted by Gasteiger charge is -2.10. The molecule has 0 aliphatic heterocycles. The van der Waals surface area contributed by atoms with Crippen LogP contribution < -0.4 is 5.73 Å². The molecule has 2 N–H and O–H groups in total. The van der Waals surface area contributed by atoms with E-state index in [1.54, 1.807) is 0 Å². The molecule has 14 heavy (non-hydrogen) atoms. The van der Waals surface area contributed by atoms with E-state index < -0.39 is 0 Å². The second kappa shape index (κ2) is 4.09. The largest absolute Gasteiger partial charge is 0.323 e. The van der Waals surface area contributed by atoms with E-state index in [0.29, 0.717) is 0 Å². The van der Waals surface area contributed by atoms with Crippen LogP contribution in [0.5, 0.6) is 0 Å². The highest BCUT2D eigenvalue weighted by Crippen LogP contribution is 2.22. The Morgan fingerprint density at radius 3 is 3.07 bits per heavy atom.